The predicted molar refractivity (Wildman–Crippen MR) is 62.9 cm³/mol. The minimum Gasteiger partial charge on any atom is -0.330 e. The molecule has 90 valence electrons. The van der Waals surface area contributed by atoms with E-state index in [0.29, 0.717) is 17.6 Å². The summed E-state index contributed by atoms with van der Waals surface area (Å²) in [5.41, 5.74) is 0.397. The average Bonchev–Trinajstić information content (AvgIpc) is 2.29. The van der Waals surface area contributed by atoms with Crippen LogP contribution < -0.4 is 5.56 Å². The number of likely N-dealkylation sites (N-methyl/N-ethyl adjacent to an activating group) is 1. The molecule has 5 heteroatoms. The van der Waals surface area contributed by atoms with Crippen molar-refractivity contribution in [1.82, 2.24) is 14.8 Å². The number of hydrogen-bond donors (Lipinski definition) is 1. The number of piperidine rings is 1. The van der Waals surface area contributed by atoms with Crippen LogP contribution in [-0.4, -0.2) is 52.9 Å². The zero-order valence-corrected chi connectivity index (χ0v) is 9.72. The lowest BCUT2D eigenvalue weighted by atomic mass is 9.87. The Morgan fingerprint density at radius 1 is 1.35 bits per heavy atom. The molecule has 4 heterocycles. The summed E-state index contributed by atoms with van der Waals surface area (Å²) in [6.45, 7) is 1.90. The van der Waals surface area contributed by atoms with Crippen LogP contribution in [0.5, 0.6) is 0 Å². The standard InChI is InChI=1S/C12H15N3O2/c1-14-6-9-4-10(7-14)15(9)12(17)8-2-3-11(16)13-5-8/h2-3,5,9-10H,4,6-7H2,1H3,(H,13,16). The zero-order valence-electron chi connectivity index (χ0n) is 9.72. The first kappa shape index (κ1) is 10.5. The molecule has 0 radical (unpaired) electrons. The van der Waals surface area contributed by atoms with Gasteiger partial charge >= 0.3 is 0 Å². The Morgan fingerprint density at radius 2 is 2.06 bits per heavy atom. The Balaban J connectivity index is 1.80. The second-order valence-corrected chi connectivity index (χ2v) is 4.92. The third-order valence-corrected chi connectivity index (χ3v) is 3.64. The van der Waals surface area contributed by atoms with Gasteiger partial charge in [-0.3, -0.25) is 9.59 Å². The maximum Gasteiger partial charge on any atom is 0.255 e. The molecule has 2 unspecified atom stereocenters. The number of piperazine rings is 1. The molecular weight excluding hydrogens is 218 g/mol. The molecule has 0 spiro atoms. The number of nitrogens with one attached hydrogen (secondary N) is 1. The van der Waals surface area contributed by atoms with Crippen molar-refractivity contribution in [1.29, 1.82) is 0 Å². The lowest BCUT2D eigenvalue weighted by molar-refractivity contribution is -0.0397. The Morgan fingerprint density at radius 3 is 2.65 bits per heavy atom. The van der Waals surface area contributed by atoms with E-state index in [-0.39, 0.29) is 11.5 Å². The lowest BCUT2D eigenvalue weighted by Crippen LogP contribution is -2.69. The molecule has 2 bridgehead atoms. The van der Waals surface area contributed by atoms with Gasteiger partial charge in [-0.05, 0) is 19.5 Å². The van der Waals surface area contributed by atoms with Crippen LogP contribution in [0, 0.1) is 0 Å². The fourth-order valence-electron chi connectivity index (χ4n) is 2.84. The molecule has 1 N–H and O–H groups in total. The summed E-state index contributed by atoms with van der Waals surface area (Å²) in [5, 5.41) is 0. The van der Waals surface area contributed by atoms with Gasteiger partial charge in [0.05, 0.1) is 5.56 Å². The summed E-state index contributed by atoms with van der Waals surface area (Å²) < 4.78 is 0. The first-order chi connectivity index (χ1) is 8.15. The number of H-pyrrole nitrogens is 1. The summed E-state index contributed by atoms with van der Waals surface area (Å²) in [6.07, 6.45) is 2.61. The number of carbonyl (C=O) groups is 1. The fourth-order valence-corrected chi connectivity index (χ4v) is 2.84. The number of aromatic amines is 1. The maximum atomic E-state index is 12.2. The SMILES string of the molecule is CN1CC2CC(C1)N2C(=O)c1ccc(=O)[nH]c1. The molecule has 1 amide bonds. The normalized spacial score (nSPS) is 27.7. The average molecular weight is 233 g/mol. The van der Waals surface area contributed by atoms with Gasteiger partial charge in [-0.15, -0.1) is 0 Å². The third-order valence-electron chi connectivity index (χ3n) is 3.64. The minimum absolute atomic E-state index is 0.0376. The van der Waals surface area contributed by atoms with E-state index in [2.05, 4.69) is 16.9 Å². The molecule has 1 aromatic heterocycles. The highest BCUT2D eigenvalue weighted by atomic mass is 16.2. The highest BCUT2D eigenvalue weighted by Crippen LogP contribution is 2.32. The molecule has 3 aliphatic heterocycles. The van der Waals surface area contributed by atoms with E-state index in [1.807, 2.05) is 4.90 Å². The smallest absolute Gasteiger partial charge is 0.255 e. The molecule has 5 nitrogen and oxygen atoms in total. The number of aromatic nitrogens is 1. The van der Waals surface area contributed by atoms with Gasteiger partial charge in [-0.25, -0.2) is 0 Å². The molecule has 0 aliphatic carbocycles. The van der Waals surface area contributed by atoms with Gasteiger partial charge in [0.1, 0.15) is 0 Å². The number of amides is 1. The predicted octanol–water partition coefficient (Wildman–Crippen LogP) is -0.0966. The summed E-state index contributed by atoms with van der Waals surface area (Å²) >= 11 is 0. The molecule has 17 heavy (non-hydrogen) atoms. The van der Waals surface area contributed by atoms with E-state index in [9.17, 15) is 9.59 Å². The van der Waals surface area contributed by atoms with Gasteiger partial charge in [0.15, 0.2) is 0 Å². The van der Waals surface area contributed by atoms with Crippen LogP contribution in [0.2, 0.25) is 0 Å². The van der Waals surface area contributed by atoms with E-state index in [1.165, 1.54) is 12.3 Å². The second kappa shape index (κ2) is 3.70. The first-order valence-electron chi connectivity index (χ1n) is 5.85. The molecule has 2 atom stereocenters. The maximum absolute atomic E-state index is 12.2. The van der Waals surface area contributed by atoms with E-state index >= 15 is 0 Å². The molecule has 0 aromatic carbocycles. The van der Waals surface area contributed by atoms with Gasteiger partial charge < -0.3 is 14.8 Å². The quantitative estimate of drug-likeness (QED) is 0.737. The van der Waals surface area contributed by atoms with Gasteiger partial charge in [0.25, 0.3) is 5.91 Å². The van der Waals surface area contributed by atoms with Crippen LogP contribution in [0.4, 0.5) is 0 Å². The summed E-state index contributed by atoms with van der Waals surface area (Å²) in [4.78, 5) is 29.9. The monoisotopic (exact) mass is 233 g/mol. The number of nitrogens with zero attached hydrogens (tertiary/aromatic N) is 2. The van der Waals surface area contributed by atoms with Crippen molar-refractivity contribution in [2.45, 2.75) is 18.5 Å². The number of fused-ring (bicyclic) bond motifs is 2. The van der Waals surface area contributed by atoms with Gasteiger partial charge in [-0.1, -0.05) is 0 Å². The molecule has 1 aromatic rings. The largest absolute Gasteiger partial charge is 0.330 e. The topological polar surface area (TPSA) is 56.4 Å². The Hall–Kier alpha value is -1.62. The summed E-state index contributed by atoms with van der Waals surface area (Å²) in [6, 6.07) is 3.68. The van der Waals surface area contributed by atoms with Crippen molar-refractivity contribution in [3.8, 4) is 0 Å². The van der Waals surface area contributed by atoms with Crippen molar-refractivity contribution in [2.24, 2.45) is 0 Å². The van der Waals surface area contributed by atoms with Crippen molar-refractivity contribution >= 4 is 5.91 Å². The highest BCUT2D eigenvalue weighted by Gasteiger charge is 2.46. The minimum atomic E-state index is -0.176. The summed E-state index contributed by atoms with van der Waals surface area (Å²) in [7, 11) is 2.08. The van der Waals surface area contributed by atoms with Crippen molar-refractivity contribution < 1.29 is 4.79 Å². The van der Waals surface area contributed by atoms with Crippen molar-refractivity contribution in [3.05, 3.63) is 34.2 Å². The highest BCUT2D eigenvalue weighted by molar-refractivity contribution is 5.95. The Kier molecular flexibility index (Phi) is 2.29. The molecule has 0 saturated carbocycles. The molecule has 3 fully saturated rings. The van der Waals surface area contributed by atoms with Crippen LogP contribution in [0.1, 0.15) is 16.8 Å². The number of pyridine rings is 1. The molecule has 4 rings (SSSR count). The van der Waals surface area contributed by atoms with E-state index in [0.717, 1.165) is 19.5 Å². The number of hydrogen-bond acceptors (Lipinski definition) is 3. The lowest BCUT2D eigenvalue weighted by Gasteiger charge is -2.55. The zero-order chi connectivity index (χ0) is 12.0. The van der Waals surface area contributed by atoms with Crippen LogP contribution in [-0.2, 0) is 0 Å². The molecule has 3 aliphatic rings. The Labute approximate surface area is 99.0 Å². The second-order valence-electron chi connectivity index (χ2n) is 4.92. The molecule has 3 saturated heterocycles. The molecular formula is C12H15N3O2. The fraction of sp³-hybridized carbons (Fsp3) is 0.500. The van der Waals surface area contributed by atoms with Crippen molar-refractivity contribution in [3.63, 3.8) is 0 Å². The third kappa shape index (κ3) is 1.67. The van der Waals surface area contributed by atoms with Gasteiger partial charge in [0.2, 0.25) is 5.56 Å². The van der Waals surface area contributed by atoms with E-state index in [1.54, 1.807) is 6.07 Å². The van der Waals surface area contributed by atoms with E-state index in [4.69, 9.17) is 0 Å². The van der Waals surface area contributed by atoms with Crippen molar-refractivity contribution in [2.75, 3.05) is 20.1 Å². The summed E-state index contributed by atoms with van der Waals surface area (Å²) in [5.74, 6) is 0.0376. The first-order valence-corrected chi connectivity index (χ1v) is 5.85. The van der Waals surface area contributed by atoms with Gasteiger partial charge in [0, 0.05) is 37.4 Å². The van der Waals surface area contributed by atoms with Gasteiger partial charge in [-0.2, -0.15) is 0 Å². The van der Waals surface area contributed by atoms with Crippen LogP contribution >= 0.6 is 0 Å². The van der Waals surface area contributed by atoms with E-state index < -0.39 is 0 Å². The number of rotatable bonds is 1. The van der Waals surface area contributed by atoms with Crippen LogP contribution in [0.25, 0.3) is 0 Å². The Bertz CT molecular complexity index is 478. The van der Waals surface area contributed by atoms with Crippen LogP contribution in [0.3, 0.4) is 0 Å². The van der Waals surface area contributed by atoms with Crippen LogP contribution in [0.15, 0.2) is 23.1 Å². The number of carbonyl (C=O) groups excluding carboxylic acids is 1.